The van der Waals surface area contributed by atoms with Crippen LogP contribution in [0, 0.1) is 20.8 Å². The van der Waals surface area contributed by atoms with Crippen molar-refractivity contribution in [2.45, 2.75) is 37.8 Å². The molecule has 106 valence electrons. The fourth-order valence-electron chi connectivity index (χ4n) is 2.04. The van der Waals surface area contributed by atoms with Crippen LogP contribution >= 0.6 is 23.1 Å². The molecule has 20 heavy (non-hydrogen) atoms. The van der Waals surface area contributed by atoms with Crippen molar-refractivity contribution >= 4 is 34.1 Å². The van der Waals surface area contributed by atoms with Gasteiger partial charge < -0.3 is 5.32 Å². The van der Waals surface area contributed by atoms with Crippen LogP contribution in [0.2, 0.25) is 0 Å². The van der Waals surface area contributed by atoms with Crippen LogP contribution in [0.25, 0.3) is 0 Å². The molecule has 1 aromatic heterocycles. The predicted molar refractivity (Wildman–Crippen MR) is 84.4 cm³/mol. The van der Waals surface area contributed by atoms with Gasteiger partial charge in [-0.3, -0.25) is 4.79 Å². The summed E-state index contributed by atoms with van der Waals surface area (Å²) in [6.07, 6.45) is 0. The standard InChI is InChI=1S/C14H17N3OS2/c1-8-5-9(2)12(10(3)6-8)7-19-14-17-16-13(20-14)15-11(4)18/h5-6H,7H2,1-4H3,(H,15,16,18). The third-order valence-electron chi connectivity index (χ3n) is 2.87. The lowest BCUT2D eigenvalue weighted by Gasteiger charge is -2.09. The van der Waals surface area contributed by atoms with E-state index in [2.05, 4.69) is 48.4 Å². The Hall–Kier alpha value is -1.40. The largest absolute Gasteiger partial charge is 0.301 e. The smallest absolute Gasteiger partial charge is 0.223 e. The summed E-state index contributed by atoms with van der Waals surface area (Å²) in [5, 5.41) is 11.2. The van der Waals surface area contributed by atoms with E-state index in [-0.39, 0.29) is 5.91 Å². The second-order valence-electron chi connectivity index (χ2n) is 4.72. The SMILES string of the molecule is CC(=O)Nc1nnc(SCc2c(C)cc(C)cc2C)s1. The fraction of sp³-hybridized carbons (Fsp3) is 0.357. The molecule has 2 aromatic rings. The minimum absolute atomic E-state index is 0.122. The number of rotatable bonds is 4. The topological polar surface area (TPSA) is 54.9 Å². The molecule has 1 N–H and O–H groups in total. The lowest BCUT2D eigenvalue weighted by molar-refractivity contribution is -0.114. The molecule has 0 aliphatic carbocycles. The highest BCUT2D eigenvalue weighted by Gasteiger charge is 2.09. The number of aromatic nitrogens is 2. The summed E-state index contributed by atoms with van der Waals surface area (Å²) in [5.74, 6) is 0.745. The number of amides is 1. The first-order chi connectivity index (χ1) is 9.45. The van der Waals surface area contributed by atoms with Gasteiger partial charge in [0.1, 0.15) is 0 Å². The Balaban J connectivity index is 2.05. The van der Waals surface area contributed by atoms with E-state index in [0.29, 0.717) is 5.13 Å². The summed E-state index contributed by atoms with van der Waals surface area (Å²) < 4.78 is 0.869. The van der Waals surface area contributed by atoms with Gasteiger partial charge in [-0.05, 0) is 37.5 Å². The van der Waals surface area contributed by atoms with Crippen molar-refractivity contribution in [2.24, 2.45) is 0 Å². The van der Waals surface area contributed by atoms with E-state index in [0.717, 1.165) is 10.1 Å². The first-order valence-corrected chi connectivity index (χ1v) is 8.06. The van der Waals surface area contributed by atoms with E-state index in [1.54, 1.807) is 11.8 Å². The normalized spacial score (nSPS) is 10.6. The van der Waals surface area contributed by atoms with Crippen LogP contribution < -0.4 is 5.32 Å². The Kier molecular flexibility index (Phi) is 4.77. The Morgan fingerprint density at radius 2 is 1.90 bits per heavy atom. The number of anilines is 1. The van der Waals surface area contributed by atoms with E-state index in [4.69, 9.17) is 0 Å². The van der Waals surface area contributed by atoms with Gasteiger partial charge in [-0.1, -0.05) is 40.8 Å². The highest BCUT2D eigenvalue weighted by molar-refractivity contribution is 8.00. The van der Waals surface area contributed by atoms with Gasteiger partial charge in [0.2, 0.25) is 11.0 Å². The molecule has 0 spiro atoms. The number of hydrogen-bond donors (Lipinski definition) is 1. The fourth-order valence-corrected chi connectivity index (χ4v) is 4.04. The zero-order valence-corrected chi connectivity index (χ0v) is 13.6. The van der Waals surface area contributed by atoms with Gasteiger partial charge >= 0.3 is 0 Å². The molecule has 1 heterocycles. The van der Waals surface area contributed by atoms with Crippen molar-refractivity contribution in [1.29, 1.82) is 0 Å². The highest BCUT2D eigenvalue weighted by atomic mass is 32.2. The Morgan fingerprint density at radius 1 is 1.25 bits per heavy atom. The molecule has 1 amide bonds. The zero-order valence-electron chi connectivity index (χ0n) is 12.0. The average molecular weight is 307 g/mol. The molecule has 0 atom stereocenters. The van der Waals surface area contributed by atoms with E-state index < -0.39 is 0 Å². The van der Waals surface area contributed by atoms with E-state index in [1.165, 1.54) is 40.5 Å². The molecule has 0 radical (unpaired) electrons. The van der Waals surface area contributed by atoms with Crippen LogP contribution in [0.15, 0.2) is 16.5 Å². The van der Waals surface area contributed by atoms with Gasteiger partial charge in [0, 0.05) is 12.7 Å². The van der Waals surface area contributed by atoms with Gasteiger partial charge in [-0.25, -0.2) is 0 Å². The quantitative estimate of drug-likeness (QED) is 0.691. The molecule has 0 bridgehead atoms. The maximum Gasteiger partial charge on any atom is 0.223 e. The molecule has 6 heteroatoms. The molecular weight excluding hydrogens is 290 g/mol. The van der Waals surface area contributed by atoms with Crippen LogP contribution in [-0.2, 0) is 10.5 Å². The van der Waals surface area contributed by atoms with E-state index in [1.807, 2.05) is 0 Å². The number of nitrogens with zero attached hydrogens (tertiary/aromatic N) is 2. The van der Waals surface area contributed by atoms with Gasteiger partial charge in [-0.15, -0.1) is 10.2 Å². The van der Waals surface area contributed by atoms with Crippen molar-refractivity contribution in [1.82, 2.24) is 10.2 Å². The molecule has 0 saturated heterocycles. The first-order valence-electron chi connectivity index (χ1n) is 6.26. The Morgan fingerprint density at radius 3 is 2.50 bits per heavy atom. The Bertz CT molecular complexity index is 614. The highest BCUT2D eigenvalue weighted by Crippen LogP contribution is 2.30. The minimum Gasteiger partial charge on any atom is -0.301 e. The number of benzene rings is 1. The first kappa shape index (κ1) is 15.0. The number of nitrogens with one attached hydrogen (secondary N) is 1. The van der Waals surface area contributed by atoms with Gasteiger partial charge in [-0.2, -0.15) is 0 Å². The summed E-state index contributed by atoms with van der Waals surface area (Å²) in [7, 11) is 0. The maximum atomic E-state index is 10.9. The third kappa shape index (κ3) is 3.80. The molecule has 1 aromatic carbocycles. The molecule has 0 unspecified atom stereocenters. The van der Waals surface area contributed by atoms with E-state index in [9.17, 15) is 4.79 Å². The summed E-state index contributed by atoms with van der Waals surface area (Å²) >= 11 is 3.05. The summed E-state index contributed by atoms with van der Waals surface area (Å²) in [4.78, 5) is 10.9. The number of thioether (sulfide) groups is 1. The average Bonchev–Trinajstić information content (AvgIpc) is 2.74. The molecule has 0 fully saturated rings. The third-order valence-corrected chi connectivity index (χ3v) is 4.87. The van der Waals surface area contributed by atoms with Crippen LogP contribution in [0.4, 0.5) is 5.13 Å². The van der Waals surface area contributed by atoms with Crippen molar-refractivity contribution in [2.75, 3.05) is 5.32 Å². The van der Waals surface area contributed by atoms with Crippen LogP contribution in [-0.4, -0.2) is 16.1 Å². The molecular formula is C14H17N3OS2. The number of carbonyl (C=O) groups excluding carboxylic acids is 1. The summed E-state index contributed by atoms with van der Waals surface area (Å²) in [6.45, 7) is 7.85. The van der Waals surface area contributed by atoms with Gasteiger partial charge in [0.25, 0.3) is 0 Å². The van der Waals surface area contributed by atoms with Gasteiger partial charge in [0.05, 0.1) is 0 Å². The van der Waals surface area contributed by atoms with Crippen molar-refractivity contribution in [3.05, 3.63) is 34.4 Å². The molecule has 0 aliphatic heterocycles. The van der Waals surface area contributed by atoms with Crippen molar-refractivity contribution in [3.63, 3.8) is 0 Å². The predicted octanol–water partition coefficient (Wildman–Crippen LogP) is 3.71. The van der Waals surface area contributed by atoms with Crippen LogP contribution in [0.5, 0.6) is 0 Å². The number of carbonyl (C=O) groups is 1. The van der Waals surface area contributed by atoms with Crippen molar-refractivity contribution in [3.8, 4) is 0 Å². The lowest BCUT2D eigenvalue weighted by Crippen LogP contribution is -2.04. The molecule has 2 rings (SSSR count). The maximum absolute atomic E-state index is 10.9. The van der Waals surface area contributed by atoms with Crippen LogP contribution in [0.1, 0.15) is 29.2 Å². The second-order valence-corrected chi connectivity index (χ2v) is 6.92. The minimum atomic E-state index is -0.122. The van der Waals surface area contributed by atoms with Gasteiger partial charge in [0.15, 0.2) is 4.34 Å². The number of hydrogen-bond acceptors (Lipinski definition) is 5. The summed E-state index contributed by atoms with van der Waals surface area (Å²) in [6, 6.07) is 4.40. The summed E-state index contributed by atoms with van der Waals surface area (Å²) in [5.41, 5.74) is 5.25. The van der Waals surface area contributed by atoms with Crippen molar-refractivity contribution < 1.29 is 4.79 Å². The lowest BCUT2D eigenvalue weighted by atomic mass is 10.0. The molecule has 0 aliphatic rings. The Labute approximate surface area is 127 Å². The molecule has 0 saturated carbocycles. The second kappa shape index (κ2) is 6.37. The van der Waals surface area contributed by atoms with Crippen LogP contribution in [0.3, 0.4) is 0 Å². The number of aryl methyl sites for hydroxylation is 3. The molecule has 4 nitrogen and oxygen atoms in total. The monoisotopic (exact) mass is 307 g/mol. The zero-order chi connectivity index (χ0) is 14.7. The van der Waals surface area contributed by atoms with E-state index >= 15 is 0 Å².